The third-order valence-electron chi connectivity index (χ3n) is 4.78. The molecule has 35 heavy (non-hydrogen) atoms. The predicted molar refractivity (Wildman–Crippen MR) is 109 cm³/mol. The molecule has 1 amide bonds. The highest BCUT2D eigenvalue weighted by Gasteiger charge is 2.60. The Kier molecular flexibility index (Phi) is 5.94. The quantitative estimate of drug-likeness (QED) is 0.465. The minimum absolute atomic E-state index is 0. The van der Waals surface area contributed by atoms with Crippen molar-refractivity contribution in [3.63, 3.8) is 0 Å². The summed E-state index contributed by atoms with van der Waals surface area (Å²) in [5.74, 6) is 0. The van der Waals surface area contributed by atoms with Crippen molar-refractivity contribution < 1.29 is 60.0 Å². The molecular weight excluding hydrogens is 521 g/mol. The second kappa shape index (κ2) is 10.9. The molecule has 0 aromatic heterocycles. The van der Waals surface area contributed by atoms with Crippen molar-refractivity contribution in [1.82, 2.24) is 9.80 Å². The Morgan fingerprint density at radius 2 is 1.49 bits per heavy atom. The van der Waals surface area contributed by atoms with Gasteiger partial charge in [-0.15, -0.1) is 12.4 Å². The van der Waals surface area contributed by atoms with E-state index in [1.807, 2.05) is 0 Å². The predicted octanol–water partition coefficient (Wildman–Crippen LogP) is 5.47. The minimum Gasteiger partial charge on any atom is -0.426 e. The summed E-state index contributed by atoms with van der Waals surface area (Å²) < 4.78 is 187. The van der Waals surface area contributed by atoms with Crippen LogP contribution < -0.4 is 4.90 Å². The van der Waals surface area contributed by atoms with E-state index in [-0.39, 0.29) is 41.6 Å². The van der Waals surface area contributed by atoms with Crippen LogP contribution >= 0.6 is 12.4 Å². The number of hydrogen-bond acceptors (Lipinski definition) is 4. The molecule has 0 saturated carbocycles. The van der Waals surface area contributed by atoms with Crippen molar-refractivity contribution in [2.24, 2.45) is 0 Å². The van der Waals surface area contributed by atoms with Gasteiger partial charge in [-0.25, -0.2) is 4.79 Å². The number of anilines is 1. The van der Waals surface area contributed by atoms with Gasteiger partial charge in [-0.2, -0.15) is 39.5 Å². The summed E-state index contributed by atoms with van der Waals surface area (Å²) in [6.07, 6.45) is -24.3. The van der Waals surface area contributed by atoms with Crippen LogP contribution in [0.25, 0.3) is 0 Å². The molecule has 0 unspecified atom stereocenters. The number of nitrogens with zero attached hydrogens (tertiary/aromatic N) is 3. The third-order valence-corrected chi connectivity index (χ3v) is 4.78. The monoisotopic (exact) mass is 551 g/mol. The van der Waals surface area contributed by atoms with Crippen molar-refractivity contribution in [2.75, 3.05) is 44.0 Å². The van der Waals surface area contributed by atoms with Crippen molar-refractivity contribution >= 4 is 24.2 Å². The fourth-order valence-corrected chi connectivity index (χ4v) is 3.22. The minimum atomic E-state index is -6.32. The average Bonchev–Trinajstić information content (AvgIpc) is 3.32. The molecule has 0 radical (unpaired) electrons. The van der Waals surface area contributed by atoms with E-state index in [0.29, 0.717) is 25.0 Å². The van der Waals surface area contributed by atoms with Gasteiger partial charge in [0, 0.05) is 56.8 Å². The molecule has 0 N–H and O–H groups in total. The first kappa shape index (κ1) is 19.1. The van der Waals surface area contributed by atoms with Crippen LogP contribution in [0, 0.1) is 0 Å². The molecule has 0 bridgehead atoms. The number of alkyl halides is 9. The molecule has 2 saturated heterocycles. The molecule has 2 fully saturated rings. The Hall–Kier alpha value is -2.09. The summed E-state index contributed by atoms with van der Waals surface area (Å²) in [5.41, 5.74) is -1.55. The highest BCUT2D eigenvalue weighted by molar-refractivity contribution is 5.85. The Labute approximate surface area is 212 Å². The first-order valence-electron chi connectivity index (χ1n) is 13.6. The van der Waals surface area contributed by atoms with E-state index < -0.39 is 73.7 Å². The summed E-state index contributed by atoms with van der Waals surface area (Å²) in [4.78, 5) is 12.6. The van der Waals surface area contributed by atoms with Gasteiger partial charge in [0.05, 0.1) is 11.0 Å². The second-order valence-electron chi connectivity index (χ2n) is 7.25. The van der Waals surface area contributed by atoms with Gasteiger partial charge in [0.1, 0.15) is 0 Å². The van der Waals surface area contributed by atoms with E-state index in [1.165, 1.54) is 4.90 Å². The molecule has 1 aromatic carbocycles. The highest BCUT2D eigenvalue weighted by atomic mass is 35.5. The second-order valence-corrected chi connectivity index (χ2v) is 7.25. The summed E-state index contributed by atoms with van der Waals surface area (Å²) >= 11 is 0. The van der Waals surface area contributed by atoms with E-state index in [4.69, 9.17) is 11.0 Å². The van der Waals surface area contributed by atoms with Gasteiger partial charge < -0.3 is 14.5 Å². The number of rotatable bonds is 4. The molecule has 5 nitrogen and oxygen atoms in total. The fraction of sp³-hybridized carbons (Fsp3) is 0.650. The zero-order valence-corrected chi connectivity index (χ0v) is 18.1. The lowest BCUT2D eigenvalue weighted by molar-refractivity contribution is -0.308. The molecule has 2 aliphatic heterocycles. The Balaban J connectivity index is 0.00000645. The fourth-order valence-electron chi connectivity index (χ4n) is 3.22. The molecule has 0 atom stereocenters. The molecule has 3 rings (SSSR count). The van der Waals surface area contributed by atoms with E-state index in [1.54, 1.807) is 0 Å². The third kappa shape index (κ3) is 7.45. The van der Waals surface area contributed by atoms with Gasteiger partial charge in [-0.3, -0.25) is 4.90 Å². The highest BCUT2D eigenvalue weighted by Crippen LogP contribution is 2.37. The summed E-state index contributed by atoms with van der Waals surface area (Å²) in [6.45, 7) is -16.9. The molecule has 1 aromatic rings. The number of halogens is 10. The normalized spacial score (nSPS) is 27.3. The largest absolute Gasteiger partial charge is 0.434 e. The molecule has 2 aliphatic rings. The van der Waals surface area contributed by atoms with Crippen molar-refractivity contribution in [3.05, 3.63) is 29.3 Å². The van der Waals surface area contributed by atoms with Crippen molar-refractivity contribution in [1.29, 1.82) is 0 Å². The lowest BCUT2D eigenvalue weighted by Crippen LogP contribution is -2.52. The van der Waals surface area contributed by atoms with Crippen LogP contribution in [0.1, 0.15) is 34.9 Å². The lowest BCUT2D eigenvalue weighted by atomic mass is 10.1. The summed E-state index contributed by atoms with van der Waals surface area (Å²) in [5, 5.41) is 0. The SMILES string of the molecule is Cl.[2H]C1([2H])N(Cc2ccc(C(F)(F)F)cc2N2CCCC2)C([2H])([2H])C([2H])([2H])N(C(=O)OC(C(F)(F)F)C(F)(F)F)C1([2H])[2H]. The maximum absolute atomic E-state index is 13.4. The summed E-state index contributed by atoms with van der Waals surface area (Å²) in [6, 6.07) is 2.06. The number of carbonyl (C=O) groups excluding carboxylic acids is 1. The Bertz CT molecular complexity index is 1150. The first-order chi connectivity index (χ1) is 18.7. The van der Waals surface area contributed by atoms with Crippen LogP contribution in [-0.4, -0.2) is 73.4 Å². The smallest absolute Gasteiger partial charge is 0.426 e. The van der Waals surface area contributed by atoms with E-state index >= 15 is 0 Å². The van der Waals surface area contributed by atoms with E-state index in [2.05, 4.69) is 4.74 Å². The number of piperazine rings is 1. The van der Waals surface area contributed by atoms with Gasteiger partial charge in [0.25, 0.3) is 6.10 Å². The van der Waals surface area contributed by atoms with Crippen LogP contribution in [0.4, 0.5) is 50.0 Å². The molecule has 0 spiro atoms. The van der Waals surface area contributed by atoms with Gasteiger partial charge >= 0.3 is 24.6 Å². The number of hydrogen-bond donors (Lipinski definition) is 0. The lowest BCUT2D eigenvalue weighted by Gasteiger charge is -2.36. The molecule has 200 valence electrons. The number of benzene rings is 1. The molecular formula is C20H23ClF9N3O2. The maximum atomic E-state index is 13.4. The number of ether oxygens (including phenoxy) is 1. The van der Waals surface area contributed by atoms with Crippen LogP contribution in [0.5, 0.6) is 0 Å². The van der Waals surface area contributed by atoms with Crippen LogP contribution in [0.15, 0.2) is 18.2 Å². The van der Waals surface area contributed by atoms with Crippen LogP contribution in [0.2, 0.25) is 0 Å². The van der Waals surface area contributed by atoms with Gasteiger partial charge in [0.2, 0.25) is 0 Å². The molecule has 0 aliphatic carbocycles. The van der Waals surface area contributed by atoms with Gasteiger partial charge in [0.15, 0.2) is 0 Å². The van der Waals surface area contributed by atoms with Crippen molar-refractivity contribution in [2.45, 2.75) is 44.0 Å². The topological polar surface area (TPSA) is 36.0 Å². The van der Waals surface area contributed by atoms with Gasteiger partial charge in [-0.1, -0.05) is 6.07 Å². The average molecular weight is 552 g/mol. The van der Waals surface area contributed by atoms with Gasteiger partial charge in [-0.05, 0) is 30.5 Å². The van der Waals surface area contributed by atoms with E-state index in [9.17, 15) is 44.3 Å². The first-order valence-corrected chi connectivity index (χ1v) is 9.55. The Morgan fingerprint density at radius 3 is 1.97 bits per heavy atom. The molecule has 15 heteroatoms. The van der Waals surface area contributed by atoms with Crippen molar-refractivity contribution in [3.8, 4) is 0 Å². The number of amides is 1. The summed E-state index contributed by atoms with van der Waals surface area (Å²) in [7, 11) is 0. The molecule has 2 heterocycles. The van der Waals surface area contributed by atoms with E-state index in [0.717, 1.165) is 6.07 Å². The maximum Gasteiger partial charge on any atom is 0.434 e. The van der Waals surface area contributed by atoms with Crippen LogP contribution in [-0.2, 0) is 17.5 Å². The zero-order valence-electron chi connectivity index (χ0n) is 25.3. The standard InChI is InChI=1S/C20H22F9N3O2.ClH/c21-18(22,23)14-4-3-13(15(11-14)31-5-1-2-6-31)12-30-7-9-32(10-8-30)17(33)34-16(19(24,25)26)20(27,28)29;/h3-4,11,16H,1-2,5-10,12H2;1H/i7D2,8D2,9D2,10D2;. The Morgan fingerprint density at radius 1 is 0.943 bits per heavy atom. The van der Waals surface area contributed by atoms with Crippen LogP contribution in [0.3, 0.4) is 0 Å². The number of carbonyl (C=O) groups is 1. The zero-order chi connectivity index (χ0) is 32.5.